The fraction of sp³-hybridized carbons (Fsp3) is 0.500. The fourth-order valence-corrected chi connectivity index (χ4v) is 1.04. The first-order valence-electron chi connectivity index (χ1n) is 2.28. The lowest BCUT2D eigenvalue weighted by atomic mass is 9.98. The van der Waals surface area contributed by atoms with Gasteiger partial charge in [0.2, 0.25) is 0 Å². The summed E-state index contributed by atoms with van der Waals surface area (Å²) < 4.78 is 1.15. The first-order chi connectivity index (χ1) is 3.72. The molecule has 0 aromatic heterocycles. The van der Waals surface area contributed by atoms with Crippen LogP contribution in [0.1, 0.15) is 0 Å². The van der Waals surface area contributed by atoms with Gasteiger partial charge in [-0.05, 0) is 4.48 Å². The average molecular weight is 211 g/mol. The van der Waals surface area contributed by atoms with E-state index in [0.29, 0.717) is 0 Å². The van der Waals surface area contributed by atoms with Crippen molar-refractivity contribution in [1.82, 2.24) is 0 Å². The molecule has 0 spiro atoms. The molecule has 0 aromatic carbocycles. The molecule has 0 heterocycles. The molecule has 0 bridgehead atoms. The van der Waals surface area contributed by atoms with Gasteiger partial charge >= 0.3 is 0 Å². The van der Waals surface area contributed by atoms with E-state index in [4.69, 9.17) is 0 Å². The molecule has 0 nitrogen and oxygen atoms in total. The Kier molecular flexibility index (Phi) is 5.42. The van der Waals surface area contributed by atoms with E-state index in [9.17, 15) is 0 Å². The molecule has 46 valence electrons. The van der Waals surface area contributed by atoms with Crippen LogP contribution in [0.5, 0.6) is 0 Å². The van der Waals surface area contributed by atoms with E-state index < -0.39 is 0 Å². The summed E-state index contributed by atoms with van der Waals surface area (Å²) in [6, 6.07) is 0. The summed E-state index contributed by atoms with van der Waals surface area (Å²) in [4.78, 5) is 0. The van der Waals surface area contributed by atoms with E-state index in [1.807, 2.05) is 7.85 Å². The molecule has 4 heteroatoms. The summed E-state index contributed by atoms with van der Waals surface area (Å²) in [6.45, 7) is 0. The molecular weight excluding hydrogens is 203 g/mol. The lowest BCUT2D eigenvalue weighted by Gasteiger charge is -1.96. The van der Waals surface area contributed by atoms with Crippen molar-refractivity contribution in [3.8, 4) is 0 Å². The first-order valence-corrected chi connectivity index (χ1v) is 4.34. The third-order valence-corrected chi connectivity index (χ3v) is 3.02. The minimum atomic E-state index is 0.770. The minimum Gasteiger partial charge on any atom is -0.176 e. The monoisotopic (exact) mass is 210 g/mol. The molecule has 0 aliphatic carbocycles. The molecule has 0 aliphatic heterocycles. The van der Waals surface area contributed by atoms with Crippen molar-refractivity contribution in [2.24, 2.45) is 0 Å². The van der Waals surface area contributed by atoms with Gasteiger partial charge in [0.05, 0.1) is 0 Å². The van der Waals surface area contributed by atoms with Crippen LogP contribution in [0.4, 0.5) is 0 Å². The van der Waals surface area contributed by atoms with E-state index in [2.05, 4.69) is 41.2 Å². The second-order valence-corrected chi connectivity index (χ2v) is 3.09. The molecule has 8 heavy (non-hydrogen) atoms. The van der Waals surface area contributed by atoms with E-state index in [1.54, 1.807) is 0 Å². The van der Waals surface area contributed by atoms with E-state index in [0.717, 1.165) is 16.0 Å². The van der Waals surface area contributed by atoms with Crippen LogP contribution in [-0.2, 0) is 0 Å². The first kappa shape index (κ1) is 8.98. The van der Waals surface area contributed by atoms with Crippen LogP contribution in [0.2, 0.25) is 0 Å². The van der Waals surface area contributed by atoms with Crippen LogP contribution in [0.15, 0.2) is 9.95 Å². The Balaban J connectivity index is 3.83. The van der Waals surface area contributed by atoms with Crippen molar-refractivity contribution in [1.29, 1.82) is 0 Å². The second-order valence-electron chi connectivity index (χ2n) is 1.50. The van der Waals surface area contributed by atoms with Crippen molar-refractivity contribution < 1.29 is 0 Å². The third kappa shape index (κ3) is 3.10. The van der Waals surface area contributed by atoms with Crippen LogP contribution in [0.3, 0.4) is 0 Å². The molecule has 0 unspecified atom stereocenters. The SMILES string of the molecule is B/C(CS)=C(/Br)CS. The summed E-state index contributed by atoms with van der Waals surface area (Å²) in [7, 11) is 2.04. The topological polar surface area (TPSA) is 0 Å². The highest BCUT2D eigenvalue weighted by Crippen LogP contribution is 2.11. The van der Waals surface area contributed by atoms with Gasteiger partial charge in [-0.25, -0.2) is 0 Å². The highest BCUT2D eigenvalue weighted by atomic mass is 79.9. The zero-order valence-corrected chi connectivity index (χ0v) is 8.06. The quantitative estimate of drug-likeness (QED) is 0.495. The summed E-state index contributed by atoms with van der Waals surface area (Å²) >= 11 is 11.5. The second kappa shape index (κ2) is 4.83. The summed E-state index contributed by atoms with van der Waals surface area (Å²) in [5.41, 5.74) is 1.25. The maximum Gasteiger partial charge on any atom is 0.136 e. The molecular formula is C4H8BBrS2. The third-order valence-electron chi connectivity index (χ3n) is 0.839. The molecule has 0 atom stereocenters. The van der Waals surface area contributed by atoms with Gasteiger partial charge in [0.25, 0.3) is 0 Å². The molecule has 0 rings (SSSR count). The highest BCUT2D eigenvalue weighted by Gasteiger charge is 1.91. The molecule has 0 fully saturated rings. The Bertz CT molecular complexity index is 90.2. The fourth-order valence-electron chi connectivity index (χ4n) is 0.221. The van der Waals surface area contributed by atoms with Crippen LogP contribution in [-0.4, -0.2) is 19.4 Å². The van der Waals surface area contributed by atoms with Crippen molar-refractivity contribution in [2.45, 2.75) is 0 Å². The van der Waals surface area contributed by atoms with Crippen LogP contribution in [0, 0.1) is 0 Å². The van der Waals surface area contributed by atoms with E-state index >= 15 is 0 Å². The summed E-state index contributed by atoms with van der Waals surface area (Å²) in [5, 5.41) is 0. The van der Waals surface area contributed by atoms with Gasteiger partial charge in [0.15, 0.2) is 0 Å². The highest BCUT2D eigenvalue weighted by molar-refractivity contribution is 9.11. The summed E-state index contributed by atoms with van der Waals surface area (Å²) in [5.74, 6) is 1.58. The molecule has 0 saturated heterocycles. The van der Waals surface area contributed by atoms with Gasteiger partial charge in [-0.3, -0.25) is 0 Å². The van der Waals surface area contributed by atoms with Crippen LogP contribution < -0.4 is 0 Å². The van der Waals surface area contributed by atoms with Gasteiger partial charge in [0.1, 0.15) is 7.85 Å². The summed E-state index contributed by atoms with van der Waals surface area (Å²) in [6.07, 6.45) is 0. The molecule has 0 aliphatic rings. The lowest BCUT2D eigenvalue weighted by Crippen LogP contribution is -1.87. The Labute approximate surface area is 70.5 Å². The molecule has 0 N–H and O–H groups in total. The largest absolute Gasteiger partial charge is 0.176 e. The predicted octanol–water partition coefficient (Wildman–Crippen LogP) is 1.09. The maximum atomic E-state index is 4.09. The maximum absolute atomic E-state index is 4.09. The normalized spacial score (nSPS) is 13.4. The Morgan fingerprint density at radius 1 is 1.38 bits per heavy atom. The van der Waals surface area contributed by atoms with Crippen molar-refractivity contribution in [2.75, 3.05) is 11.5 Å². The van der Waals surface area contributed by atoms with Gasteiger partial charge in [0, 0.05) is 11.5 Å². The van der Waals surface area contributed by atoms with Gasteiger partial charge in [-0.15, -0.1) is 0 Å². The van der Waals surface area contributed by atoms with Crippen molar-refractivity contribution >= 4 is 49.0 Å². The zero-order valence-electron chi connectivity index (χ0n) is 4.69. The van der Waals surface area contributed by atoms with Gasteiger partial charge in [-0.2, -0.15) is 25.3 Å². The van der Waals surface area contributed by atoms with Gasteiger partial charge < -0.3 is 0 Å². The molecule has 0 aromatic rings. The van der Waals surface area contributed by atoms with Crippen molar-refractivity contribution in [3.63, 3.8) is 0 Å². The molecule has 0 radical (unpaired) electrons. The van der Waals surface area contributed by atoms with Crippen molar-refractivity contribution in [3.05, 3.63) is 9.95 Å². The van der Waals surface area contributed by atoms with Gasteiger partial charge in [-0.1, -0.05) is 21.4 Å². The minimum absolute atomic E-state index is 0.770. The van der Waals surface area contributed by atoms with Crippen LogP contribution in [0.25, 0.3) is 0 Å². The Morgan fingerprint density at radius 2 is 1.88 bits per heavy atom. The smallest absolute Gasteiger partial charge is 0.136 e. The Morgan fingerprint density at radius 3 is 2.00 bits per heavy atom. The number of hydrogen-bond donors (Lipinski definition) is 2. The van der Waals surface area contributed by atoms with Crippen LogP contribution >= 0.6 is 41.2 Å². The Hall–Kier alpha value is 0.985. The van der Waals surface area contributed by atoms with E-state index in [-0.39, 0.29) is 0 Å². The number of thiol groups is 2. The number of hydrogen-bond acceptors (Lipinski definition) is 2. The predicted molar refractivity (Wildman–Crippen MR) is 52.2 cm³/mol. The molecule has 0 amide bonds. The zero-order chi connectivity index (χ0) is 6.57. The average Bonchev–Trinajstić information content (AvgIpc) is 1.84. The molecule has 0 saturated carbocycles. The van der Waals surface area contributed by atoms with E-state index in [1.165, 1.54) is 5.47 Å². The number of rotatable bonds is 2. The number of halogens is 1. The lowest BCUT2D eigenvalue weighted by molar-refractivity contribution is 1.60. The standard InChI is InChI=1S/C4H8BBrS2/c5-3(1-7)4(6)2-8/h7-8H,1-2,5H2/b4-3+.